The number of nitrogens with one attached hydrogen (secondary N) is 3. The molecule has 1 aromatic rings. The quantitative estimate of drug-likeness (QED) is 0.182. The van der Waals surface area contributed by atoms with Crippen LogP contribution >= 0.6 is 0 Å². The zero-order valence-electron chi connectivity index (χ0n) is 10.2. The largest absolute Gasteiger partial charge is 0.504 e. The summed E-state index contributed by atoms with van der Waals surface area (Å²) in [5, 5.41) is 39.0. The van der Waals surface area contributed by atoms with Crippen LogP contribution in [-0.2, 0) is 11.3 Å². The molecule has 0 radical (unpaired) electrons. The summed E-state index contributed by atoms with van der Waals surface area (Å²) in [6.45, 7) is -0.706. The average molecular weight is 286 g/mol. The second kappa shape index (κ2) is 7.11. The predicted molar refractivity (Wildman–Crippen MR) is 66.2 cm³/mol. The topological polar surface area (TPSA) is 164 Å². The highest BCUT2D eigenvalue weighted by Crippen LogP contribution is 2.36. The van der Waals surface area contributed by atoms with Crippen molar-refractivity contribution in [3.63, 3.8) is 0 Å². The molecule has 10 heteroatoms. The van der Waals surface area contributed by atoms with Crippen molar-refractivity contribution in [2.45, 2.75) is 12.6 Å². The number of benzene rings is 1. The molecule has 1 rings (SSSR count). The Balaban J connectivity index is 2.54. The molecular formula is C10H14N4O6. The van der Waals surface area contributed by atoms with Gasteiger partial charge in [0.25, 0.3) is 5.91 Å². The van der Waals surface area contributed by atoms with Gasteiger partial charge in [-0.1, -0.05) is 6.07 Å². The molecule has 0 aliphatic rings. The van der Waals surface area contributed by atoms with Crippen LogP contribution < -0.4 is 16.3 Å². The molecule has 0 heterocycles. The third-order valence-electron chi connectivity index (χ3n) is 2.41. The molecule has 1 amide bonds. The van der Waals surface area contributed by atoms with Crippen molar-refractivity contribution in [3.8, 4) is 17.2 Å². The van der Waals surface area contributed by atoms with Gasteiger partial charge < -0.3 is 20.4 Å². The van der Waals surface area contributed by atoms with Crippen LogP contribution in [0.2, 0.25) is 0 Å². The number of carbonyl (C=O) groups is 1. The highest BCUT2D eigenvalue weighted by molar-refractivity contribution is 5.81. The number of aliphatic hydroxyl groups is 1. The Morgan fingerprint density at radius 2 is 1.95 bits per heavy atom. The van der Waals surface area contributed by atoms with Gasteiger partial charge >= 0.3 is 0 Å². The fourth-order valence-corrected chi connectivity index (χ4v) is 1.31. The van der Waals surface area contributed by atoms with Crippen molar-refractivity contribution in [3.05, 3.63) is 22.6 Å². The van der Waals surface area contributed by atoms with Crippen molar-refractivity contribution < 1.29 is 25.2 Å². The molecule has 20 heavy (non-hydrogen) atoms. The monoisotopic (exact) mass is 286 g/mol. The van der Waals surface area contributed by atoms with Gasteiger partial charge in [-0.3, -0.25) is 15.6 Å². The molecule has 1 atom stereocenters. The maximum absolute atomic E-state index is 11.4. The number of hydrazine groups is 1. The normalized spacial score (nSPS) is 11.7. The summed E-state index contributed by atoms with van der Waals surface area (Å²) >= 11 is 0. The van der Waals surface area contributed by atoms with E-state index in [1.165, 1.54) is 12.1 Å². The van der Waals surface area contributed by atoms with Gasteiger partial charge in [-0.2, -0.15) is 0 Å². The Kier molecular flexibility index (Phi) is 5.50. The Morgan fingerprint density at radius 3 is 2.55 bits per heavy atom. The number of carbonyl (C=O) groups excluding carboxylic acids is 1. The van der Waals surface area contributed by atoms with Crippen LogP contribution in [0.3, 0.4) is 0 Å². The molecule has 0 aliphatic carbocycles. The standard InChI is InChI=1S/C10H14N4O6/c15-4-6(12-14-20)10(19)13-11-3-5-1-2-7(16)9(18)8(5)17/h1-2,6,11,15-18H,3-4H2,(H,12,20)(H,13,19). The van der Waals surface area contributed by atoms with Gasteiger partial charge in [-0.25, -0.2) is 5.43 Å². The second-order valence-corrected chi connectivity index (χ2v) is 3.74. The lowest BCUT2D eigenvalue weighted by Gasteiger charge is -2.13. The summed E-state index contributed by atoms with van der Waals surface area (Å²) in [5.74, 6) is -2.42. The summed E-state index contributed by atoms with van der Waals surface area (Å²) in [5.41, 5.74) is 6.64. The molecule has 0 aliphatic heterocycles. The van der Waals surface area contributed by atoms with Crippen LogP contribution in [0.15, 0.2) is 17.4 Å². The van der Waals surface area contributed by atoms with E-state index < -0.39 is 35.8 Å². The lowest BCUT2D eigenvalue weighted by atomic mass is 10.2. The predicted octanol–water partition coefficient (Wildman–Crippen LogP) is -1.44. The van der Waals surface area contributed by atoms with Crippen molar-refractivity contribution in [1.29, 1.82) is 0 Å². The molecule has 10 nitrogen and oxygen atoms in total. The van der Waals surface area contributed by atoms with Crippen LogP contribution in [0.5, 0.6) is 17.2 Å². The van der Waals surface area contributed by atoms with Gasteiger partial charge in [0.05, 0.1) is 11.9 Å². The number of phenolic OH excluding ortho intramolecular Hbond substituents is 3. The first-order valence-corrected chi connectivity index (χ1v) is 5.45. The molecule has 1 aromatic carbocycles. The number of phenols is 3. The van der Waals surface area contributed by atoms with Crippen LogP contribution in [0.4, 0.5) is 0 Å². The summed E-state index contributed by atoms with van der Waals surface area (Å²) < 4.78 is 0. The zero-order chi connectivity index (χ0) is 15.1. The summed E-state index contributed by atoms with van der Waals surface area (Å²) in [6.07, 6.45) is 0. The maximum atomic E-state index is 11.4. The number of nitrogens with zero attached hydrogens (tertiary/aromatic N) is 1. The van der Waals surface area contributed by atoms with Gasteiger partial charge in [0.2, 0.25) is 5.75 Å². The van der Waals surface area contributed by atoms with Crippen molar-refractivity contribution in [1.82, 2.24) is 16.3 Å². The molecule has 0 saturated carbocycles. The summed E-state index contributed by atoms with van der Waals surface area (Å²) in [4.78, 5) is 21.3. The Bertz CT molecular complexity index is 495. The van der Waals surface area contributed by atoms with E-state index in [1.807, 2.05) is 5.43 Å². The first kappa shape index (κ1) is 15.5. The molecule has 110 valence electrons. The molecule has 0 saturated heterocycles. The first-order chi connectivity index (χ1) is 9.51. The molecule has 0 spiro atoms. The van der Waals surface area contributed by atoms with Gasteiger partial charge in [-0.05, 0) is 6.07 Å². The van der Waals surface area contributed by atoms with Gasteiger partial charge in [0, 0.05) is 12.1 Å². The summed E-state index contributed by atoms with van der Waals surface area (Å²) in [7, 11) is 0. The SMILES string of the molecule is O=NNC(CO)C(=O)NNCc1ccc(O)c(O)c1O. The molecule has 0 bridgehead atoms. The third kappa shape index (κ3) is 3.70. The summed E-state index contributed by atoms with van der Waals surface area (Å²) in [6, 6.07) is 1.29. The molecule has 7 N–H and O–H groups in total. The Labute approximate surface area is 113 Å². The van der Waals surface area contributed by atoms with Crippen LogP contribution in [0, 0.1) is 4.91 Å². The first-order valence-electron chi connectivity index (χ1n) is 5.45. The number of rotatable bonds is 7. The minimum absolute atomic E-state index is 0.0713. The minimum Gasteiger partial charge on any atom is -0.504 e. The van der Waals surface area contributed by atoms with E-state index in [9.17, 15) is 19.9 Å². The lowest BCUT2D eigenvalue weighted by molar-refractivity contribution is -0.125. The number of aliphatic hydroxyl groups excluding tert-OH is 1. The van der Waals surface area contributed by atoms with E-state index >= 15 is 0 Å². The number of nitroso groups, excluding NO2 is 1. The molecule has 0 aromatic heterocycles. The zero-order valence-corrected chi connectivity index (χ0v) is 10.2. The molecular weight excluding hydrogens is 272 g/mol. The van der Waals surface area contributed by atoms with E-state index in [-0.39, 0.29) is 12.1 Å². The van der Waals surface area contributed by atoms with Gasteiger partial charge in [0.15, 0.2) is 11.5 Å². The fourth-order valence-electron chi connectivity index (χ4n) is 1.31. The third-order valence-corrected chi connectivity index (χ3v) is 2.41. The van der Waals surface area contributed by atoms with Gasteiger partial charge in [0.1, 0.15) is 6.04 Å². The Morgan fingerprint density at radius 1 is 1.25 bits per heavy atom. The number of hydrogen-bond acceptors (Lipinski definition) is 8. The van der Waals surface area contributed by atoms with Crippen LogP contribution in [0.25, 0.3) is 0 Å². The number of aromatic hydroxyl groups is 3. The fraction of sp³-hybridized carbons (Fsp3) is 0.300. The minimum atomic E-state index is -1.21. The highest BCUT2D eigenvalue weighted by atomic mass is 16.3. The van der Waals surface area contributed by atoms with E-state index in [0.717, 1.165) is 0 Å². The van der Waals surface area contributed by atoms with Crippen LogP contribution in [0.1, 0.15) is 5.56 Å². The van der Waals surface area contributed by atoms with E-state index in [4.69, 9.17) is 10.2 Å². The second-order valence-electron chi connectivity index (χ2n) is 3.74. The maximum Gasteiger partial charge on any atom is 0.260 e. The van der Waals surface area contributed by atoms with Crippen LogP contribution in [-0.4, -0.2) is 39.0 Å². The molecule has 1 unspecified atom stereocenters. The smallest absolute Gasteiger partial charge is 0.260 e. The highest BCUT2D eigenvalue weighted by Gasteiger charge is 2.17. The van der Waals surface area contributed by atoms with E-state index in [2.05, 4.69) is 16.1 Å². The number of amides is 1. The Hall–Kier alpha value is -2.59. The van der Waals surface area contributed by atoms with Crippen molar-refractivity contribution in [2.24, 2.45) is 5.29 Å². The van der Waals surface area contributed by atoms with Crippen molar-refractivity contribution >= 4 is 5.91 Å². The average Bonchev–Trinajstić information content (AvgIpc) is 2.44. The number of hydrogen-bond donors (Lipinski definition) is 7. The van der Waals surface area contributed by atoms with E-state index in [1.54, 1.807) is 0 Å². The molecule has 0 fully saturated rings. The van der Waals surface area contributed by atoms with E-state index in [0.29, 0.717) is 0 Å². The van der Waals surface area contributed by atoms with Gasteiger partial charge in [-0.15, -0.1) is 4.91 Å². The van der Waals surface area contributed by atoms with Crippen molar-refractivity contribution in [2.75, 3.05) is 6.61 Å². The lowest BCUT2D eigenvalue weighted by Crippen LogP contribution is -2.49.